The molecule has 0 saturated carbocycles. The predicted molar refractivity (Wildman–Crippen MR) is 62.0 cm³/mol. The Hall–Kier alpha value is -1.74. The molecule has 2 rings (SSSR count). The number of alkyl halides is 3. The van der Waals surface area contributed by atoms with Gasteiger partial charge in [0.25, 0.3) is 5.69 Å². The molecule has 102 valence electrons. The molecule has 1 heterocycles. The van der Waals surface area contributed by atoms with E-state index in [0.29, 0.717) is 11.1 Å². The van der Waals surface area contributed by atoms with Gasteiger partial charge in [0.15, 0.2) is 0 Å². The van der Waals surface area contributed by atoms with Gasteiger partial charge in [-0.25, -0.2) is 4.98 Å². The first-order valence-electron chi connectivity index (χ1n) is 4.97. The summed E-state index contributed by atoms with van der Waals surface area (Å²) in [4.78, 5) is 13.9. The van der Waals surface area contributed by atoms with E-state index in [1.165, 1.54) is 7.11 Å². The standard InChI is InChI=1S/C10H7F3N2O3S/c1-18-4-8-14-6-2-5(10(11,12)13)3-7(15(16)17)9(6)19-8/h2-3H,4H2,1H3. The van der Waals surface area contributed by atoms with Gasteiger partial charge in [-0.15, -0.1) is 11.3 Å². The third-order valence-electron chi connectivity index (χ3n) is 2.31. The van der Waals surface area contributed by atoms with E-state index < -0.39 is 22.4 Å². The van der Waals surface area contributed by atoms with Crippen molar-refractivity contribution in [2.75, 3.05) is 7.11 Å². The van der Waals surface area contributed by atoms with E-state index in [1.54, 1.807) is 0 Å². The maximum atomic E-state index is 12.6. The first kappa shape index (κ1) is 13.7. The first-order chi connectivity index (χ1) is 8.82. The quantitative estimate of drug-likeness (QED) is 0.642. The average Bonchev–Trinajstić information content (AvgIpc) is 2.68. The van der Waals surface area contributed by atoms with Gasteiger partial charge in [0, 0.05) is 13.2 Å². The highest BCUT2D eigenvalue weighted by Gasteiger charge is 2.34. The number of rotatable bonds is 3. The average molecular weight is 292 g/mol. The Balaban J connectivity index is 2.69. The number of nitro benzene ring substituents is 1. The fourth-order valence-corrected chi connectivity index (χ4v) is 2.55. The zero-order chi connectivity index (χ0) is 14.2. The molecule has 0 bridgehead atoms. The summed E-state index contributed by atoms with van der Waals surface area (Å²) in [5, 5.41) is 11.2. The van der Waals surface area contributed by atoms with Gasteiger partial charge in [-0.05, 0) is 6.07 Å². The molecule has 0 spiro atoms. The summed E-state index contributed by atoms with van der Waals surface area (Å²) in [6.45, 7) is 0.0951. The summed E-state index contributed by atoms with van der Waals surface area (Å²) < 4.78 is 42.9. The second-order valence-electron chi connectivity index (χ2n) is 3.64. The van der Waals surface area contributed by atoms with E-state index >= 15 is 0 Å². The molecule has 5 nitrogen and oxygen atoms in total. The molecule has 0 saturated heterocycles. The number of nitro groups is 1. The lowest BCUT2D eigenvalue weighted by molar-refractivity contribution is -0.383. The number of benzene rings is 1. The van der Waals surface area contributed by atoms with Crippen LogP contribution in [0.4, 0.5) is 18.9 Å². The van der Waals surface area contributed by atoms with Gasteiger partial charge in [-0.2, -0.15) is 13.2 Å². The monoisotopic (exact) mass is 292 g/mol. The fourth-order valence-electron chi connectivity index (χ4n) is 1.55. The third kappa shape index (κ3) is 2.66. The molecule has 9 heteroatoms. The number of thiazole rings is 1. The maximum absolute atomic E-state index is 12.6. The smallest absolute Gasteiger partial charge is 0.378 e. The van der Waals surface area contributed by atoms with Crippen LogP contribution in [0, 0.1) is 10.1 Å². The van der Waals surface area contributed by atoms with E-state index in [2.05, 4.69) is 4.98 Å². The SMILES string of the molecule is COCc1nc2cc(C(F)(F)F)cc([N+](=O)[O-])c2s1. The number of hydrogen-bond donors (Lipinski definition) is 0. The molecule has 2 aromatic rings. The van der Waals surface area contributed by atoms with Gasteiger partial charge in [0.05, 0.1) is 22.6 Å². The number of ether oxygens (including phenoxy) is 1. The zero-order valence-corrected chi connectivity index (χ0v) is 10.3. The number of non-ortho nitro benzene ring substituents is 1. The van der Waals surface area contributed by atoms with Crippen LogP contribution in [0.5, 0.6) is 0 Å². The Kier molecular flexibility index (Phi) is 3.42. The Morgan fingerprint density at radius 3 is 2.68 bits per heavy atom. The summed E-state index contributed by atoms with van der Waals surface area (Å²) in [5.74, 6) is 0. The van der Waals surface area contributed by atoms with Gasteiger partial charge in [0.1, 0.15) is 9.71 Å². The molecule has 0 unspecified atom stereocenters. The van der Waals surface area contributed by atoms with Crippen LogP contribution in [0.15, 0.2) is 12.1 Å². The van der Waals surface area contributed by atoms with Gasteiger partial charge >= 0.3 is 6.18 Å². The van der Waals surface area contributed by atoms with Gasteiger partial charge < -0.3 is 4.74 Å². The topological polar surface area (TPSA) is 65.3 Å². The lowest BCUT2D eigenvalue weighted by atomic mass is 10.2. The van der Waals surface area contributed by atoms with E-state index in [-0.39, 0.29) is 16.8 Å². The van der Waals surface area contributed by atoms with Crippen molar-refractivity contribution < 1.29 is 22.8 Å². The second-order valence-corrected chi connectivity index (χ2v) is 4.72. The second kappa shape index (κ2) is 4.74. The summed E-state index contributed by atoms with van der Waals surface area (Å²) in [6.07, 6.45) is -4.65. The van der Waals surface area contributed by atoms with Crippen molar-refractivity contribution in [2.45, 2.75) is 12.8 Å². The molecule has 0 radical (unpaired) electrons. The van der Waals surface area contributed by atoms with Crippen LogP contribution in [0.1, 0.15) is 10.6 Å². The predicted octanol–water partition coefficient (Wildman–Crippen LogP) is 3.37. The van der Waals surface area contributed by atoms with E-state index in [0.717, 1.165) is 17.4 Å². The Morgan fingerprint density at radius 1 is 1.47 bits per heavy atom. The third-order valence-corrected chi connectivity index (χ3v) is 3.37. The maximum Gasteiger partial charge on any atom is 0.416 e. The molecule has 0 fully saturated rings. The minimum Gasteiger partial charge on any atom is -0.378 e. The van der Waals surface area contributed by atoms with Gasteiger partial charge in [0.2, 0.25) is 0 Å². The van der Waals surface area contributed by atoms with Gasteiger partial charge in [-0.1, -0.05) is 0 Å². The molecule has 1 aromatic carbocycles. The summed E-state index contributed by atoms with van der Waals surface area (Å²) in [5.41, 5.74) is -1.72. The Bertz CT molecular complexity index is 639. The molecule has 0 N–H and O–H groups in total. The van der Waals surface area contributed by atoms with Crippen LogP contribution in [-0.2, 0) is 17.5 Å². The van der Waals surface area contributed by atoms with Crippen molar-refractivity contribution in [2.24, 2.45) is 0 Å². The van der Waals surface area contributed by atoms with Crippen LogP contribution in [0.2, 0.25) is 0 Å². The molecule has 0 atom stereocenters. The van der Waals surface area contributed by atoms with Crippen LogP contribution < -0.4 is 0 Å². The van der Waals surface area contributed by atoms with Crippen LogP contribution >= 0.6 is 11.3 Å². The molecule has 0 aliphatic rings. The highest BCUT2D eigenvalue weighted by atomic mass is 32.1. The van der Waals surface area contributed by atoms with Crippen molar-refractivity contribution in [1.82, 2.24) is 4.98 Å². The number of nitrogens with zero attached hydrogens (tertiary/aromatic N) is 2. The first-order valence-corrected chi connectivity index (χ1v) is 5.78. The number of methoxy groups -OCH3 is 1. The van der Waals surface area contributed by atoms with E-state index in [1.807, 2.05) is 0 Å². The number of fused-ring (bicyclic) bond motifs is 1. The van der Waals surface area contributed by atoms with Crippen molar-refractivity contribution >= 4 is 27.2 Å². The molecular weight excluding hydrogens is 285 g/mol. The molecule has 0 aliphatic heterocycles. The highest BCUT2D eigenvalue weighted by Crippen LogP contribution is 2.38. The normalized spacial score (nSPS) is 12.0. The summed E-state index contributed by atoms with van der Waals surface area (Å²) in [6, 6.07) is 1.33. The summed E-state index contributed by atoms with van der Waals surface area (Å²) >= 11 is 0.951. The van der Waals surface area contributed by atoms with E-state index in [4.69, 9.17) is 4.74 Å². The number of halogens is 3. The van der Waals surface area contributed by atoms with Crippen LogP contribution in [0.25, 0.3) is 10.2 Å². The minimum atomic E-state index is -4.65. The van der Waals surface area contributed by atoms with Gasteiger partial charge in [-0.3, -0.25) is 10.1 Å². The zero-order valence-electron chi connectivity index (χ0n) is 9.52. The largest absolute Gasteiger partial charge is 0.416 e. The highest BCUT2D eigenvalue weighted by molar-refractivity contribution is 7.19. The van der Waals surface area contributed by atoms with Crippen LogP contribution in [0.3, 0.4) is 0 Å². The van der Waals surface area contributed by atoms with E-state index in [9.17, 15) is 23.3 Å². The number of aromatic nitrogens is 1. The molecule has 19 heavy (non-hydrogen) atoms. The van der Waals surface area contributed by atoms with Crippen molar-refractivity contribution in [3.63, 3.8) is 0 Å². The van der Waals surface area contributed by atoms with Crippen LogP contribution in [-0.4, -0.2) is 17.0 Å². The van der Waals surface area contributed by atoms with Crippen molar-refractivity contribution in [3.05, 3.63) is 32.8 Å². The number of hydrogen-bond acceptors (Lipinski definition) is 5. The lowest BCUT2D eigenvalue weighted by Crippen LogP contribution is -2.05. The Labute approximate surface area is 108 Å². The molecule has 0 amide bonds. The minimum absolute atomic E-state index is 0.0430. The molecular formula is C10H7F3N2O3S. The van der Waals surface area contributed by atoms with Crippen molar-refractivity contribution in [3.8, 4) is 0 Å². The van der Waals surface area contributed by atoms with Crippen molar-refractivity contribution in [1.29, 1.82) is 0 Å². The summed E-state index contributed by atoms with van der Waals surface area (Å²) in [7, 11) is 1.40. The lowest BCUT2D eigenvalue weighted by Gasteiger charge is -2.05. The Morgan fingerprint density at radius 2 is 2.16 bits per heavy atom. The fraction of sp³-hybridized carbons (Fsp3) is 0.300. The molecule has 1 aromatic heterocycles. The molecule has 0 aliphatic carbocycles.